The molecular weight excluding hydrogens is 640 g/mol. The van der Waals surface area contributed by atoms with Gasteiger partial charge in [0.15, 0.2) is 11.2 Å². The maximum Gasteiger partial charge on any atom is 0.310 e. The van der Waals surface area contributed by atoms with Crippen molar-refractivity contribution in [3.05, 3.63) is 131 Å². The first kappa shape index (κ1) is 33.2. The van der Waals surface area contributed by atoms with E-state index in [1.54, 1.807) is 48.5 Å². The molecule has 0 spiro atoms. The van der Waals surface area contributed by atoms with E-state index in [-0.39, 0.29) is 48.8 Å². The Balaban J connectivity index is 0.000000157. The minimum atomic E-state index is -1.26. The number of para-hydroxylation sites is 2. The Bertz CT molecular complexity index is 1770. The second-order valence-corrected chi connectivity index (χ2v) is 12.8. The Hall–Kier alpha value is -5.32. The summed E-state index contributed by atoms with van der Waals surface area (Å²) >= 11 is 0. The van der Waals surface area contributed by atoms with Gasteiger partial charge in [0.25, 0.3) is 0 Å². The van der Waals surface area contributed by atoms with Crippen molar-refractivity contribution in [3.63, 3.8) is 0 Å². The molecular formula is C40H36O10. The lowest BCUT2D eigenvalue weighted by Gasteiger charge is -2.25. The van der Waals surface area contributed by atoms with Gasteiger partial charge in [-0.15, -0.1) is 0 Å². The number of hydrogen-bond acceptors (Lipinski definition) is 10. The number of hydrogen-bond donors (Lipinski definition) is 0. The van der Waals surface area contributed by atoms with E-state index in [9.17, 15) is 19.2 Å². The summed E-state index contributed by atoms with van der Waals surface area (Å²) in [6, 6.07) is 33.8. The molecule has 0 saturated carbocycles. The van der Waals surface area contributed by atoms with Gasteiger partial charge in [-0.05, 0) is 35.4 Å². The second-order valence-electron chi connectivity index (χ2n) is 12.8. The molecule has 10 heteroatoms. The van der Waals surface area contributed by atoms with E-state index in [0.29, 0.717) is 35.5 Å². The van der Waals surface area contributed by atoms with Crippen molar-refractivity contribution in [2.75, 3.05) is 14.2 Å². The monoisotopic (exact) mass is 676 g/mol. The lowest BCUT2D eigenvalue weighted by Crippen LogP contribution is -2.44. The molecule has 0 N–H and O–H groups in total. The Morgan fingerprint density at radius 2 is 0.920 bits per heavy atom. The summed E-state index contributed by atoms with van der Waals surface area (Å²) in [6.45, 7) is 0. The fourth-order valence-corrected chi connectivity index (χ4v) is 6.87. The van der Waals surface area contributed by atoms with Gasteiger partial charge in [0.1, 0.15) is 23.7 Å². The third kappa shape index (κ3) is 6.51. The highest BCUT2D eigenvalue weighted by atomic mass is 16.6. The van der Waals surface area contributed by atoms with Crippen LogP contribution in [0.1, 0.15) is 69.7 Å². The Morgan fingerprint density at radius 1 is 0.560 bits per heavy atom. The third-order valence-corrected chi connectivity index (χ3v) is 9.50. The molecule has 2 saturated heterocycles. The van der Waals surface area contributed by atoms with Crippen LogP contribution in [0.2, 0.25) is 0 Å². The molecule has 50 heavy (non-hydrogen) atoms. The van der Waals surface area contributed by atoms with Gasteiger partial charge in [0, 0.05) is 12.8 Å². The molecule has 2 fully saturated rings. The van der Waals surface area contributed by atoms with Crippen LogP contribution in [0.4, 0.5) is 0 Å². The van der Waals surface area contributed by atoms with Gasteiger partial charge in [-0.2, -0.15) is 0 Å². The largest absolute Gasteiger partial charge is 0.478 e. The molecule has 10 nitrogen and oxygen atoms in total. The van der Waals surface area contributed by atoms with Crippen molar-refractivity contribution in [1.82, 2.24) is 0 Å². The highest BCUT2D eigenvalue weighted by molar-refractivity contribution is 6.09. The highest BCUT2D eigenvalue weighted by Gasteiger charge is 2.57. The molecule has 0 aliphatic carbocycles. The Labute approximate surface area is 289 Å². The number of ketones is 2. The highest BCUT2D eigenvalue weighted by Crippen LogP contribution is 2.49. The van der Waals surface area contributed by atoms with Crippen LogP contribution >= 0.6 is 0 Å². The van der Waals surface area contributed by atoms with Crippen LogP contribution in [0.3, 0.4) is 0 Å². The lowest BCUT2D eigenvalue weighted by atomic mass is 9.86. The van der Waals surface area contributed by atoms with Crippen LogP contribution in [0.25, 0.3) is 0 Å². The number of carbonyl (C=O) groups is 4. The van der Waals surface area contributed by atoms with Crippen LogP contribution in [0.5, 0.6) is 11.5 Å². The molecule has 0 unspecified atom stereocenters. The van der Waals surface area contributed by atoms with E-state index in [1.807, 2.05) is 60.7 Å². The number of epoxide rings is 2. The van der Waals surface area contributed by atoms with Gasteiger partial charge in [0.05, 0.1) is 50.4 Å². The van der Waals surface area contributed by atoms with E-state index in [4.69, 9.17) is 28.4 Å². The predicted octanol–water partition coefficient (Wildman–Crippen LogP) is 6.19. The Kier molecular flexibility index (Phi) is 8.98. The van der Waals surface area contributed by atoms with Gasteiger partial charge in [-0.3, -0.25) is 19.2 Å². The van der Waals surface area contributed by atoms with Crippen LogP contribution in [-0.2, 0) is 28.5 Å². The predicted molar refractivity (Wildman–Crippen MR) is 179 cm³/mol. The maximum atomic E-state index is 13.0. The normalized spacial score (nSPS) is 26.7. The van der Waals surface area contributed by atoms with Crippen molar-refractivity contribution in [1.29, 1.82) is 0 Å². The topological polar surface area (TPSA) is 130 Å². The van der Waals surface area contributed by atoms with Gasteiger partial charge in [0.2, 0.25) is 11.6 Å². The van der Waals surface area contributed by atoms with Gasteiger partial charge >= 0.3 is 11.9 Å². The molecule has 256 valence electrons. The van der Waals surface area contributed by atoms with Gasteiger partial charge in [-0.25, -0.2) is 0 Å². The van der Waals surface area contributed by atoms with Crippen molar-refractivity contribution in [2.45, 2.75) is 61.3 Å². The number of esters is 2. The summed E-state index contributed by atoms with van der Waals surface area (Å²) in [5, 5.41) is 0. The number of methoxy groups -OCH3 is 2. The minimum absolute atomic E-state index is 0.0733. The Morgan fingerprint density at radius 3 is 1.28 bits per heavy atom. The van der Waals surface area contributed by atoms with Crippen molar-refractivity contribution in [3.8, 4) is 11.5 Å². The van der Waals surface area contributed by atoms with Crippen LogP contribution in [-0.4, -0.2) is 61.1 Å². The molecule has 4 aliphatic rings. The number of Topliss-reactive ketones (excluding diaryl/α,β-unsaturated/α-hetero) is 2. The summed E-state index contributed by atoms with van der Waals surface area (Å²) in [4.78, 5) is 49.8. The zero-order valence-corrected chi connectivity index (χ0v) is 27.6. The number of rotatable bonds is 10. The number of fused-ring (bicyclic) bond motifs is 2. The first-order valence-corrected chi connectivity index (χ1v) is 16.5. The molecule has 0 aromatic heterocycles. The SMILES string of the molecule is COC(=O)C[C@@]1(C[C@H]2O[C@@H]2c2ccccc2)Oc2ccccc2C1=O.COC(=O)C[C@]1(C[C@@H]2O[C@H]2c2ccccc2)Oc2ccccc2C1=O. The first-order valence-electron chi connectivity index (χ1n) is 16.5. The van der Waals surface area contributed by atoms with E-state index < -0.39 is 23.1 Å². The maximum absolute atomic E-state index is 13.0. The minimum Gasteiger partial charge on any atom is -0.478 e. The van der Waals surface area contributed by atoms with E-state index >= 15 is 0 Å². The number of benzene rings is 4. The van der Waals surface area contributed by atoms with E-state index in [1.165, 1.54) is 14.2 Å². The fourth-order valence-electron chi connectivity index (χ4n) is 6.87. The molecule has 0 radical (unpaired) electrons. The molecule has 0 amide bonds. The van der Waals surface area contributed by atoms with Crippen LogP contribution in [0.15, 0.2) is 109 Å². The zero-order valence-electron chi connectivity index (χ0n) is 27.6. The molecule has 4 heterocycles. The quantitative estimate of drug-likeness (QED) is 0.142. The van der Waals surface area contributed by atoms with Crippen LogP contribution < -0.4 is 9.47 Å². The number of carbonyl (C=O) groups excluding carboxylic acids is 4. The fraction of sp³-hybridized carbons (Fsp3) is 0.300. The molecule has 4 aromatic rings. The standard InChI is InChI=1S/2C20H18O5/c2*1-23-17(21)12-20(19(22)14-9-5-6-10-15(14)25-20)11-16-18(24-16)13-7-3-2-4-8-13/h2*2-10,16,18H,11-12H2,1H3/t2*16-,18-,20-/m10/s1. The van der Waals surface area contributed by atoms with Gasteiger partial charge in [-0.1, -0.05) is 84.9 Å². The lowest BCUT2D eigenvalue weighted by molar-refractivity contribution is -0.145. The smallest absolute Gasteiger partial charge is 0.310 e. The zero-order chi connectivity index (χ0) is 34.9. The molecule has 4 aromatic carbocycles. The third-order valence-electron chi connectivity index (χ3n) is 9.50. The molecule has 4 aliphatic heterocycles. The molecule has 8 rings (SSSR count). The van der Waals surface area contributed by atoms with Crippen molar-refractivity contribution < 1.29 is 47.6 Å². The van der Waals surface area contributed by atoms with Gasteiger partial charge < -0.3 is 28.4 Å². The summed E-state index contributed by atoms with van der Waals surface area (Å²) in [6.07, 6.45) is -0.0940. The molecule has 6 atom stereocenters. The van der Waals surface area contributed by atoms with E-state index in [2.05, 4.69) is 0 Å². The van der Waals surface area contributed by atoms with Crippen LogP contribution in [0, 0.1) is 0 Å². The first-order chi connectivity index (χ1) is 24.3. The average Bonchev–Trinajstić information content (AvgIpc) is 4.05. The van der Waals surface area contributed by atoms with Crippen molar-refractivity contribution in [2.24, 2.45) is 0 Å². The summed E-state index contributed by atoms with van der Waals surface area (Å²) < 4.78 is 33.1. The summed E-state index contributed by atoms with van der Waals surface area (Å²) in [5.41, 5.74) is 0.606. The second kappa shape index (κ2) is 13.5. The summed E-state index contributed by atoms with van der Waals surface area (Å²) in [7, 11) is 2.62. The average molecular weight is 677 g/mol. The molecule has 0 bridgehead atoms. The number of ether oxygens (including phenoxy) is 6. The van der Waals surface area contributed by atoms with Crippen molar-refractivity contribution >= 4 is 23.5 Å². The van der Waals surface area contributed by atoms with E-state index in [0.717, 1.165) is 11.1 Å². The summed E-state index contributed by atoms with van der Waals surface area (Å²) in [5.74, 6) is -0.301.